The third-order valence-corrected chi connectivity index (χ3v) is 5.76. The van der Waals surface area contributed by atoms with E-state index in [-0.39, 0.29) is 11.8 Å². The van der Waals surface area contributed by atoms with Crippen LogP contribution in [0.3, 0.4) is 0 Å². The molecule has 1 N–H and O–H groups in total. The fraction of sp³-hybridized carbons (Fsp3) is 0.481. The summed E-state index contributed by atoms with van der Waals surface area (Å²) in [5, 5.41) is 3.02. The number of nitrogens with zero attached hydrogens (tertiary/aromatic N) is 1. The Bertz CT molecular complexity index is 787. The number of nitrogens with one attached hydrogen (secondary N) is 1. The number of rotatable bonds is 13. The van der Waals surface area contributed by atoms with Crippen LogP contribution in [0.2, 0.25) is 0 Å². The van der Waals surface area contributed by atoms with Crippen LogP contribution >= 0.6 is 0 Å². The van der Waals surface area contributed by atoms with E-state index in [2.05, 4.69) is 55.6 Å². The number of amides is 2. The Morgan fingerprint density at radius 1 is 0.871 bits per heavy atom. The van der Waals surface area contributed by atoms with Crippen molar-refractivity contribution in [3.8, 4) is 0 Å². The molecular weight excluding hydrogens is 384 g/mol. The molecule has 0 aromatic heterocycles. The molecule has 0 fully saturated rings. The molecule has 2 amide bonds. The highest BCUT2D eigenvalue weighted by molar-refractivity contribution is 5.87. The molecule has 1 atom stereocenters. The van der Waals surface area contributed by atoms with Crippen LogP contribution in [0.5, 0.6) is 0 Å². The Morgan fingerprint density at radius 3 is 2.13 bits per heavy atom. The van der Waals surface area contributed by atoms with E-state index < -0.39 is 6.04 Å². The number of hydrogen-bond donors (Lipinski definition) is 1. The molecule has 168 valence electrons. The van der Waals surface area contributed by atoms with Gasteiger partial charge in [0.1, 0.15) is 6.04 Å². The van der Waals surface area contributed by atoms with Crippen LogP contribution in [0.4, 0.5) is 0 Å². The molecule has 0 radical (unpaired) electrons. The maximum absolute atomic E-state index is 13.2. The first-order valence-corrected chi connectivity index (χ1v) is 11.8. The lowest BCUT2D eigenvalue weighted by atomic mass is 10.0. The van der Waals surface area contributed by atoms with Crippen LogP contribution in [0.15, 0.2) is 54.6 Å². The molecule has 0 saturated heterocycles. The molecule has 2 aromatic rings. The van der Waals surface area contributed by atoms with Crippen LogP contribution < -0.4 is 5.32 Å². The molecular formula is C27H38N2O2. The van der Waals surface area contributed by atoms with E-state index in [0.717, 1.165) is 31.2 Å². The zero-order valence-electron chi connectivity index (χ0n) is 19.4. The second-order valence-corrected chi connectivity index (χ2v) is 8.06. The van der Waals surface area contributed by atoms with Crippen LogP contribution in [0.25, 0.3) is 0 Å². The van der Waals surface area contributed by atoms with Crippen molar-refractivity contribution < 1.29 is 9.59 Å². The van der Waals surface area contributed by atoms with Gasteiger partial charge in [-0.2, -0.15) is 0 Å². The largest absolute Gasteiger partial charge is 0.354 e. The van der Waals surface area contributed by atoms with Crippen molar-refractivity contribution >= 4 is 11.8 Å². The molecule has 0 bridgehead atoms. The van der Waals surface area contributed by atoms with Crippen LogP contribution in [-0.2, 0) is 28.9 Å². The van der Waals surface area contributed by atoms with Crippen molar-refractivity contribution in [3.63, 3.8) is 0 Å². The first-order valence-electron chi connectivity index (χ1n) is 11.8. The zero-order chi connectivity index (χ0) is 22.5. The Kier molecular flexibility index (Phi) is 10.8. The minimum atomic E-state index is -0.421. The number of unbranched alkanes of at least 4 members (excludes halogenated alkanes) is 1. The van der Waals surface area contributed by atoms with Gasteiger partial charge in [-0.1, -0.05) is 81.8 Å². The van der Waals surface area contributed by atoms with Crippen molar-refractivity contribution in [1.29, 1.82) is 0 Å². The van der Waals surface area contributed by atoms with Gasteiger partial charge in [0.15, 0.2) is 0 Å². The average molecular weight is 423 g/mol. The zero-order valence-corrected chi connectivity index (χ0v) is 19.4. The molecule has 0 aliphatic rings. The number of carbonyl (C=O) groups excluding carboxylic acids is 2. The molecule has 2 rings (SSSR count). The maximum Gasteiger partial charge on any atom is 0.242 e. The summed E-state index contributed by atoms with van der Waals surface area (Å²) in [6, 6.07) is 18.2. The van der Waals surface area contributed by atoms with E-state index in [4.69, 9.17) is 0 Å². The smallest absolute Gasteiger partial charge is 0.242 e. The van der Waals surface area contributed by atoms with Gasteiger partial charge in [-0.15, -0.1) is 0 Å². The molecule has 0 aliphatic carbocycles. The third kappa shape index (κ3) is 8.20. The van der Waals surface area contributed by atoms with Gasteiger partial charge in [0, 0.05) is 19.5 Å². The van der Waals surface area contributed by atoms with Crippen molar-refractivity contribution in [1.82, 2.24) is 10.2 Å². The van der Waals surface area contributed by atoms with Crippen molar-refractivity contribution in [2.24, 2.45) is 0 Å². The summed E-state index contributed by atoms with van der Waals surface area (Å²) in [7, 11) is 0. The summed E-state index contributed by atoms with van der Waals surface area (Å²) in [4.78, 5) is 27.9. The Morgan fingerprint density at radius 2 is 1.52 bits per heavy atom. The molecule has 4 heteroatoms. The van der Waals surface area contributed by atoms with E-state index in [1.165, 1.54) is 11.1 Å². The average Bonchev–Trinajstić information content (AvgIpc) is 2.81. The first kappa shape index (κ1) is 24.6. The maximum atomic E-state index is 13.2. The van der Waals surface area contributed by atoms with Gasteiger partial charge in [-0.05, 0) is 48.8 Å². The quantitative estimate of drug-likeness (QED) is 0.465. The third-order valence-electron chi connectivity index (χ3n) is 5.76. The predicted molar refractivity (Wildman–Crippen MR) is 128 cm³/mol. The predicted octanol–water partition coefficient (Wildman–Crippen LogP) is 4.95. The molecule has 4 nitrogen and oxygen atoms in total. The van der Waals surface area contributed by atoms with E-state index in [1.54, 1.807) is 4.90 Å². The Balaban J connectivity index is 2.07. The molecule has 0 heterocycles. The lowest BCUT2D eigenvalue weighted by molar-refractivity contribution is -0.140. The highest BCUT2D eigenvalue weighted by Gasteiger charge is 2.27. The van der Waals surface area contributed by atoms with Gasteiger partial charge >= 0.3 is 0 Å². The molecule has 2 aromatic carbocycles. The monoisotopic (exact) mass is 422 g/mol. The highest BCUT2D eigenvalue weighted by atomic mass is 16.2. The van der Waals surface area contributed by atoms with Gasteiger partial charge in [0.05, 0.1) is 0 Å². The summed E-state index contributed by atoms with van der Waals surface area (Å²) < 4.78 is 0. The summed E-state index contributed by atoms with van der Waals surface area (Å²) in [5.41, 5.74) is 3.64. The van der Waals surface area contributed by atoms with Gasteiger partial charge in [-0.25, -0.2) is 0 Å². The number of benzene rings is 2. The summed E-state index contributed by atoms with van der Waals surface area (Å²) in [5.74, 6) is 0.0117. The van der Waals surface area contributed by atoms with E-state index in [1.807, 2.05) is 25.1 Å². The topological polar surface area (TPSA) is 49.4 Å². The molecule has 0 spiro atoms. The summed E-state index contributed by atoms with van der Waals surface area (Å²) >= 11 is 0. The standard InChI is InChI=1S/C27H38N2O2/c1-4-7-20-28-27(31)25(6-3)29(21-19-23-11-9-8-10-12-23)26(30)18-17-24-15-13-22(5-2)14-16-24/h8-16,25H,4-7,17-21H2,1-3H3,(H,28,31)/t25-/m0/s1. The first-order chi connectivity index (χ1) is 15.1. The van der Waals surface area contributed by atoms with Crippen molar-refractivity contribution in [3.05, 3.63) is 71.3 Å². The van der Waals surface area contributed by atoms with Crippen molar-refractivity contribution in [2.45, 2.75) is 71.8 Å². The van der Waals surface area contributed by atoms with E-state index in [9.17, 15) is 9.59 Å². The Hall–Kier alpha value is -2.62. The fourth-order valence-electron chi connectivity index (χ4n) is 3.74. The minimum Gasteiger partial charge on any atom is -0.354 e. The Labute approximate surface area is 188 Å². The normalized spacial score (nSPS) is 11.7. The molecule has 31 heavy (non-hydrogen) atoms. The minimum absolute atomic E-state index is 0.0374. The van der Waals surface area contributed by atoms with E-state index in [0.29, 0.717) is 32.4 Å². The summed E-state index contributed by atoms with van der Waals surface area (Å²) in [6.07, 6.45) is 5.47. The molecule has 0 aliphatic heterocycles. The lowest BCUT2D eigenvalue weighted by Crippen LogP contribution is -2.50. The molecule has 0 saturated carbocycles. The summed E-state index contributed by atoms with van der Waals surface area (Å²) in [6.45, 7) is 7.44. The molecule has 0 unspecified atom stereocenters. The SMILES string of the molecule is CCCCNC(=O)[C@H](CC)N(CCc1ccccc1)C(=O)CCc1ccc(CC)cc1. The van der Waals surface area contributed by atoms with Crippen LogP contribution in [-0.4, -0.2) is 35.8 Å². The van der Waals surface area contributed by atoms with Crippen LogP contribution in [0, 0.1) is 0 Å². The van der Waals surface area contributed by atoms with Crippen LogP contribution in [0.1, 0.15) is 63.1 Å². The second-order valence-electron chi connectivity index (χ2n) is 8.06. The second kappa shape index (κ2) is 13.6. The lowest BCUT2D eigenvalue weighted by Gasteiger charge is -2.30. The highest BCUT2D eigenvalue weighted by Crippen LogP contribution is 2.13. The van der Waals surface area contributed by atoms with Gasteiger partial charge in [0.2, 0.25) is 11.8 Å². The van der Waals surface area contributed by atoms with Gasteiger partial charge in [-0.3, -0.25) is 9.59 Å². The number of hydrogen-bond acceptors (Lipinski definition) is 2. The van der Waals surface area contributed by atoms with Gasteiger partial charge < -0.3 is 10.2 Å². The number of aryl methyl sites for hydroxylation is 2. The van der Waals surface area contributed by atoms with Crippen molar-refractivity contribution in [2.75, 3.05) is 13.1 Å². The van der Waals surface area contributed by atoms with E-state index >= 15 is 0 Å². The van der Waals surface area contributed by atoms with Gasteiger partial charge in [0.25, 0.3) is 0 Å². The fourth-order valence-corrected chi connectivity index (χ4v) is 3.74. The number of carbonyl (C=O) groups is 2.